The molecule has 1 aromatic rings. The molecule has 0 atom stereocenters. The maximum atomic E-state index is 11.3. The number of amides is 1. The Morgan fingerprint density at radius 1 is 1.56 bits per heavy atom. The summed E-state index contributed by atoms with van der Waals surface area (Å²) in [6.07, 6.45) is 3.21. The van der Waals surface area contributed by atoms with Crippen LogP contribution in [-0.4, -0.2) is 28.3 Å². The van der Waals surface area contributed by atoms with Gasteiger partial charge in [-0.2, -0.15) is 5.10 Å². The van der Waals surface area contributed by atoms with E-state index in [4.69, 9.17) is 0 Å². The van der Waals surface area contributed by atoms with E-state index in [2.05, 4.69) is 15.2 Å². The number of hydrogen-bond donors (Lipinski definition) is 1. The molecular weight excluding hydrogens is 210 g/mol. The lowest BCUT2D eigenvalue weighted by molar-refractivity contribution is -0.146. The molecule has 1 N–H and O–H groups in total. The fourth-order valence-corrected chi connectivity index (χ4v) is 1.17. The van der Waals surface area contributed by atoms with Crippen LogP contribution in [-0.2, 0) is 27.9 Å². The second kappa shape index (κ2) is 5.89. The molecule has 1 rings (SSSR count). The van der Waals surface area contributed by atoms with Gasteiger partial charge in [-0.05, 0) is 6.92 Å². The molecule has 0 radical (unpaired) electrons. The highest BCUT2D eigenvalue weighted by Crippen LogP contribution is 1.95. The summed E-state index contributed by atoms with van der Waals surface area (Å²) in [4.78, 5) is 22.2. The van der Waals surface area contributed by atoms with Gasteiger partial charge >= 0.3 is 5.97 Å². The lowest BCUT2D eigenvalue weighted by Gasteiger charge is -2.03. The highest BCUT2D eigenvalue weighted by molar-refractivity contribution is 5.94. The molecule has 0 aromatic carbocycles. The number of carbonyl (C=O) groups is 2. The normalized spacial score (nSPS) is 9.88. The zero-order valence-electron chi connectivity index (χ0n) is 9.40. The van der Waals surface area contributed by atoms with Crippen LogP contribution in [0.2, 0.25) is 0 Å². The number of nitrogens with one attached hydrogen (secondary N) is 1. The van der Waals surface area contributed by atoms with Crippen molar-refractivity contribution >= 4 is 11.9 Å². The molecule has 0 saturated heterocycles. The number of ether oxygens (including phenoxy) is 1. The highest BCUT2D eigenvalue weighted by Gasteiger charge is 2.09. The van der Waals surface area contributed by atoms with E-state index in [1.54, 1.807) is 31.0 Å². The first-order chi connectivity index (χ1) is 7.61. The van der Waals surface area contributed by atoms with Crippen molar-refractivity contribution in [2.45, 2.75) is 19.9 Å². The van der Waals surface area contributed by atoms with Crippen molar-refractivity contribution in [3.8, 4) is 0 Å². The third-order valence-corrected chi connectivity index (χ3v) is 1.86. The average molecular weight is 225 g/mol. The second-order valence-corrected chi connectivity index (χ2v) is 3.28. The standard InChI is InChI=1S/C10H15N3O3/c1-3-16-10(15)4-9(14)11-5-8-6-12-13(2)7-8/h6-7H,3-5H2,1-2H3,(H,11,14). The number of carbonyl (C=O) groups excluding carboxylic acids is 2. The second-order valence-electron chi connectivity index (χ2n) is 3.28. The van der Waals surface area contributed by atoms with Crippen LogP contribution in [0.5, 0.6) is 0 Å². The molecule has 0 fully saturated rings. The summed E-state index contributed by atoms with van der Waals surface area (Å²) < 4.78 is 6.30. The Balaban J connectivity index is 2.27. The minimum atomic E-state index is -0.508. The molecule has 0 aliphatic heterocycles. The summed E-state index contributed by atoms with van der Waals surface area (Å²) in [5.41, 5.74) is 0.889. The van der Waals surface area contributed by atoms with Gasteiger partial charge in [0.2, 0.25) is 5.91 Å². The molecule has 0 aliphatic rings. The zero-order valence-corrected chi connectivity index (χ0v) is 9.40. The Hall–Kier alpha value is -1.85. The largest absolute Gasteiger partial charge is 0.466 e. The summed E-state index contributed by atoms with van der Waals surface area (Å²) in [6, 6.07) is 0. The maximum Gasteiger partial charge on any atom is 0.315 e. The number of rotatable bonds is 5. The van der Waals surface area contributed by atoms with Crippen LogP contribution in [0.25, 0.3) is 0 Å². The molecule has 0 bridgehead atoms. The minimum absolute atomic E-state index is 0.242. The Kier molecular flexibility index (Phi) is 4.50. The lowest BCUT2D eigenvalue weighted by Crippen LogP contribution is -2.25. The predicted molar refractivity (Wildman–Crippen MR) is 56.3 cm³/mol. The van der Waals surface area contributed by atoms with E-state index in [-0.39, 0.29) is 18.9 Å². The summed E-state index contributed by atoms with van der Waals surface area (Å²) >= 11 is 0. The van der Waals surface area contributed by atoms with Crippen molar-refractivity contribution in [1.29, 1.82) is 0 Å². The third-order valence-electron chi connectivity index (χ3n) is 1.86. The van der Waals surface area contributed by atoms with Crippen LogP contribution in [0, 0.1) is 0 Å². The molecule has 88 valence electrons. The fraction of sp³-hybridized carbons (Fsp3) is 0.500. The average Bonchev–Trinajstić information content (AvgIpc) is 2.61. The van der Waals surface area contributed by atoms with Gasteiger partial charge in [0, 0.05) is 25.4 Å². The first-order valence-corrected chi connectivity index (χ1v) is 5.01. The van der Waals surface area contributed by atoms with Gasteiger partial charge in [-0.1, -0.05) is 0 Å². The smallest absolute Gasteiger partial charge is 0.315 e. The minimum Gasteiger partial charge on any atom is -0.466 e. The molecule has 0 unspecified atom stereocenters. The van der Waals surface area contributed by atoms with Gasteiger partial charge in [0.15, 0.2) is 0 Å². The van der Waals surface area contributed by atoms with Gasteiger partial charge in [-0.15, -0.1) is 0 Å². The van der Waals surface area contributed by atoms with Crippen LogP contribution < -0.4 is 5.32 Å². The van der Waals surface area contributed by atoms with Crippen molar-refractivity contribution in [1.82, 2.24) is 15.1 Å². The molecule has 1 heterocycles. The number of aromatic nitrogens is 2. The molecule has 0 saturated carbocycles. The van der Waals surface area contributed by atoms with Crippen LogP contribution in [0.4, 0.5) is 0 Å². The quantitative estimate of drug-likeness (QED) is 0.565. The van der Waals surface area contributed by atoms with E-state index < -0.39 is 5.97 Å². The molecule has 16 heavy (non-hydrogen) atoms. The zero-order chi connectivity index (χ0) is 12.0. The van der Waals surface area contributed by atoms with Gasteiger partial charge in [0.25, 0.3) is 0 Å². The van der Waals surface area contributed by atoms with Gasteiger partial charge in [0.05, 0.1) is 12.8 Å². The van der Waals surface area contributed by atoms with Crippen LogP contribution in [0.15, 0.2) is 12.4 Å². The van der Waals surface area contributed by atoms with Crippen molar-refractivity contribution in [2.24, 2.45) is 7.05 Å². The van der Waals surface area contributed by atoms with Crippen molar-refractivity contribution in [2.75, 3.05) is 6.61 Å². The third kappa shape index (κ3) is 4.12. The van der Waals surface area contributed by atoms with Gasteiger partial charge < -0.3 is 10.1 Å². The number of aryl methyl sites for hydroxylation is 1. The van der Waals surface area contributed by atoms with E-state index >= 15 is 0 Å². The summed E-state index contributed by atoms with van der Waals surface area (Å²) in [5.74, 6) is -0.853. The van der Waals surface area contributed by atoms with Gasteiger partial charge in [0.1, 0.15) is 6.42 Å². The molecular formula is C10H15N3O3. The van der Waals surface area contributed by atoms with E-state index in [0.29, 0.717) is 6.54 Å². The van der Waals surface area contributed by atoms with E-state index in [9.17, 15) is 9.59 Å². The predicted octanol–water partition coefficient (Wildman–Crippen LogP) is -0.0105. The van der Waals surface area contributed by atoms with Crippen LogP contribution in [0.3, 0.4) is 0 Å². The number of hydrogen-bond acceptors (Lipinski definition) is 4. The summed E-state index contributed by atoms with van der Waals surface area (Å²) in [5, 5.41) is 6.57. The molecule has 6 nitrogen and oxygen atoms in total. The molecule has 0 aliphatic carbocycles. The summed E-state index contributed by atoms with van der Waals surface area (Å²) in [6.45, 7) is 2.35. The van der Waals surface area contributed by atoms with Crippen molar-refractivity contribution in [3.05, 3.63) is 18.0 Å². The monoisotopic (exact) mass is 225 g/mol. The molecule has 0 spiro atoms. The topological polar surface area (TPSA) is 73.2 Å². The Labute approximate surface area is 93.6 Å². The lowest BCUT2D eigenvalue weighted by atomic mass is 10.3. The van der Waals surface area contributed by atoms with Crippen LogP contribution >= 0.6 is 0 Å². The van der Waals surface area contributed by atoms with Crippen LogP contribution in [0.1, 0.15) is 18.9 Å². The van der Waals surface area contributed by atoms with Gasteiger partial charge in [-0.3, -0.25) is 14.3 Å². The van der Waals surface area contributed by atoms with Crippen molar-refractivity contribution < 1.29 is 14.3 Å². The molecule has 1 amide bonds. The van der Waals surface area contributed by atoms with E-state index in [1.165, 1.54) is 0 Å². The first-order valence-electron chi connectivity index (χ1n) is 5.01. The molecule has 1 aromatic heterocycles. The fourth-order valence-electron chi connectivity index (χ4n) is 1.17. The SMILES string of the molecule is CCOC(=O)CC(=O)NCc1cnn(C)c1. The van der Waals surface area contributed by atoms with E-state index in [0.717, 1.165) is 5.56 Å². The van der Waals surface area contributed by atoms with E-state index in [1.807, 2.05) is 0 Å². The Morgan fingerprint density at radius 2 is 2.31 bits per heavy atom. The first kappa shape index (κ1) is 12.2. The maximum absolute atomic E-state index is 11.3. The summed E-state index contributed by atoms with van der Waals surface area (Å²) in [7, 11) is 1.80. The van der Waals surface area contributed by atoms with Gasteiger partial charge in [-0.25, -0.2) is 0 Å². The molecule has 6 heteroatoms. The number of nitrogens with zero attached hydrogens (tertiary/aromatic N) is 2. The number of esters is 1. The van der Waals surface area contributed by atoms with Crippen molar-refractivity contribution in [3.63, 3.8) is 0 Å². The Bertz CT molecular complexity index is 373. The highest BCUT2D eigenvalue weighted by atomic mass is 16.5. The Morgan fingerprint density at radius 3 is 2.88 bits per heavy atom.